The average molecular weight is 188 g/mol. The molecule has 0 spiro atoms. The molecule has 72 valence electrons. The van der Waals surface area contributed by atoms with Crippen LogP contribution in [0.1, 0.15) is 23.4 Å². The van der Waals surface area contributed by atoms with Crippen LogP contribution in [0.2, 0.25) is 0 Å². The van der Waals surface area contributed by atoms with Crippen LogP contribution >= 0.6 is 0 Å². The van der Waals surface area contributed by atoms with E-state index in [0.717, 1.165) is 0 Å². The number of pyridine rings is 1. The number of aromatic nitrogens is 1. The molecule has 0 saturated carbocycles. The quantitative estimate of drug-likeness (QED) is 0.729. The predicted molar refractivity (Wildman–Crippen MR) is 44.6 cm³/mol. The SMILES string of the molecule is Cc1cc(=O)c(CN)c(C(F)F)[nH]1. The summed E-state index contributed by atoms with van der Waals surface area (Å²) in [6.07, 6.45) is -2.69. The summed E-state index contributed by atoms with van der Waals surface area (Å²) in [5, 5.41) is 0. The highest BCUT2D eigenvalue weighted by Crippen LogP contribution is 2.18. The molecular weight excluding hydrogens is 178 g/mol. The van der Waals surface area contributed by atoms with Crippen molar-refractivity contribution in [3.05, 3.63) is 33.2 Å². The van der Waals surface area contributed by atoms with Gasteiger partial charge in [0.15, 0.2) is 5.43 Å². The van der Waals surface area contributed by atoms with E-state index in [1.807, 2.05) is 0 Å². The smallest absolute Gasteiger partial charge is 0.278 e. The van der Waals surface area contributed by atoms with Crippen molar-refractivity contribution < 1.29 is 8.78 Å². The van der Waals surface area contributed by atoms with Gasteiger partial charge in [0, 0.05) is 23.9 Å². The number of aryl methyl sites for hydroxylation is 1. The number of hydrogen-bond acceptors (Lipinski definition) is 2. The van der Waals surface area contributed by atoms with Gasteiger partial charge in [0.1, 0.15) is 0 Å². The Bertz CT molecular complexity index is 360. The summed E-state index contributed by atoms with van der Waals surface area (Å²) >= 11 is 0. The Balaban J connectivity index is 3.38. The lowest BCUT2D eigenvalue weighted by Crippen LogP contribution is -2.18. The van der Waals surface area contributed by atoms with Gasteiger partial charge in [0.2, 0.25) is 0 Å². The van der Waals surface area contributed by atoms with Crippen molar-refractivity contribution in [1.82, 2.24) is 4.98 Å². The standard InChI is InChI=1S/C8H10F2N2O/c1-4-2-6(13)5(3-11)7(12-4)8(9)10/h2,8H,3,11H2,1H3,(H,12,13). The highest BCUT2D eigenvalue weighted by atomic mass is 19.3. The van der Waals surface area contributed by atoms with Gasteiger partial charge in [-0.3, -0.25) is 4.79 Å². The maximum Gasteiger partial charge on any atom is 0.278 e. The molecule has 0 unspecified atom stereocenters. The molecule has 0 saturated heterocycles. The van der Waals surface area contributed by atoms with Gasteiger partial charge in [-0.1, -0.05) is 0 Å². The molecule has 13 heavy (non-hydrogen) atoms. The minimum atomic E-state index is -2.69. The number of nitrogens with one attached hydrogen (secondary N) is 1. The zero-order chi connectivity index (χ0) is 10.0. The van der Waals surface area contributed by atoms with Gasteiger partial charge in [-0.15, -0.1) is 0 Å². The molecule has 1 rings (SSSR count). The molecule has 0 aliphatic carbocycles. The molecule has 5 heteroatoms. The third-order valence-corrected chi connectivity index (χ3v) is 1.72. The van der Waals surface area contributed by atoms with E-state index >= 15 is 0 Å². The number of aromatic amines is 1. The number of alkyl halides is 2. The van der Waals surface area contributed by atoms with Crippen LogP contribution in [-0.2, 0) is 6.54 Å². The van der Waals surface area contributed by atoms with Crippen molar-refractivity contribution in [1.29, 1.82) is 0 Å². The molecular formula is C8H10F2N2O. The molecule has 0 atom stereocenters. The fourth-order valence-corrected chi connectivity index (χ4v) is 1.14. The van der Waals surface area contributed by atoms with Crippen molar-refractivity contribution in [2.45, 2.75) is 19.9 Å². The number of halogens is 2. The molecule has 1 aromatic rings. The lowest BCUT2D eigenvalue weighted by molar-refractivity contribution is 0.144. The zero-order valence-electron chi connectivity index (χ0n) is 7.10. The lowest BCUT2D eigenvalue weighted by atomic mass is 10.1. The maximum atomic E-state index is 12.3. The number of hydrogen-bond donors (Lipinski definition) is 2. The van der Waals surface area contributed by atoms with Crippen molar-refractivity contribution in [2.75, 3.05) is 0 Å². The Morgan fingerprint density at radius 1 is 1.62 bits per heavy atom. The summed E-state index contributed by atoms with van der Waals surface area (Å²) in [5.74, 6) is 0. The van der Waals surface area contributed by atoms with Crippen LogP contribution < -0.4 is 11.2 Å². The summed E-state index contributed by atoms with van der Waals surface area (Å²) in [5.41, 5.74) is 4.76. The van der Waals surface area contributed by atoms with E-state index in [9.17, 15) is 13.6 Å². The first kappa shape index (κ1) is 9.85. The monoisotopic (exact) mass is 188 g/mol. The molecule has 0 radical (unpaired) electrons. The minimum Gasteiger partial charge on any atom is -0.357 e. The van der Waals surface area contributed by atoms with Crippen LogP contribution in [0.4, 0.5) is 8.78 Å². The van der Waals surface area contributed by atoms with Gasteiger partial charge < -0.3 is 10.7 Å². The largest absolute Gasteiger partial charge is 0.357 e. The van der Waals surface area contributed by atoms with E-state index in [4.69, 9.17) is 5.73 Å². The lowest BCUT2D eigenvalue weighted by Gasteiger charge is -2.06. The van der Waals surface area contributed by atoms with E-state index in [2.05, 4.69) is 4.98 Å². The first-order valence-corrected chi connectivity index (χ1v) is 3.77. The summed E-state index contributed by atoms with van der Waals surface area (Å²) < 4.78 is 24.7. The van der Waals surface area contributed by atoms with E-state index < -0.39 is 11.9 Å². The summed E-state index contributed by atoms with van der Waals surface area (Å²) in [6.45, 7) is 1.38. The molecule has 0 fully saturated rings. The Morgan fingerprint density at radius 3 is 2.69 bits per heavy atom. The first-order valence-electron chi connectivity index (χ1n) is 3.77. The molecule has 0 amide bonds. The molecule has 1 aromatic heterocycles. The first-order chi connectivity index (χ1) is 6.06. The Hall–Kier alpha value is -1.23. The molecule has 0 aromatic carbocycles. The van der Waals surface area contributed by atoms with E-state index in [0.29, 0.717) is 5.69 Å². The highest BCUT2D eigenvalue weighted by Gasteiger charge is 2.15. The maximum absolute atomic E-state index is 12.3. The number of rotatable bonds is 2. The molecule has 0 aliphatic heterocycles. The molecule has 1 heterocycles. The molecule has 0 aliphatic rings. The summed E-state index contributed by atoms with van der Waals surface area (Å²) in [7, 11) is 0. The zero-order valence-corrected chi connectivity index (χ0v) is 7.10. The van der Waals surface area contributed by atoms with Crippen LogP contribution in [0.15, 0.2) is 10.9 Å². The topological polar surface area (TPSA) is 58.9 Å². The van der Waals surface area contributed by atoms with E-state index in [-0.39, 0.29) is 17.8 Å². The van der Waals surface area contributed by atoms with Crippen molar-refractivity contribution in [3.63, 3.8) is 0 Å². The van der Waals surface area contributed by atoms with Gasteiger partial charge in [0.05, 0.1) is 5.69 Å². The van der Waals surface area contributed by atoms with E-state index in [1.165, 1.54) is 6.07 Å². The van der Waals surface area contributed by atoms with Crippen LogP contribution in [0.5, 0.6) is 0 Å². The fraction of sp³-hybridized carbons (Fsp3) is 0.375. The van der Waals surface area contributed by atoms with Crippen LogP contribution in [0.3, 0.4) is 0 Å². The predicted octanol–water partition coefficient (Wildman–Crippen LogP) is 1.08. The third-order valence-electron chi connectivity index (χ3n) is 1.72. The summed E-state index contributed by atoms with van der Waals surface area (Å²) in [4.78, 5) is 13.6. The Labute approximate surface area is 73.6 Å². The summed E-state index contributed by atoms with van der Waals surface area (Å²) in [6, 6.07) is 1.26. The van der Waals surface area contributed by atoms with Gasteiger partial charge in [0.25, 0.3) is 6.43 Å². The second kappa shape index (κ2) is 3.66. The minimum absolute atomic E-state index is 0.0411. The fourth-order valence-electron chi connectivity index (χ4n) is 1.14. The number of nitrogens with two attached hydrogens (primary N) is 1. The van der Waals surface area contributed by atoms with Crippen molar-refractivity contribution in [3.8, 4) is 0 Å². The third kappa shape index (κ3) is 1.92. The average Bonchev–Trinajstić information content (AvgIpc) is 2.02. The van der Waals surface area contributed by atoms with Crippen LogP contribution in [0, 0.1) is 6.92 Å². The van der Waals surface area contributed by atoms with Gasteiger partial charge >= 0.3 is 0 Å². The molecule has 3 nitrogen and oxygen atoms in total. The molecule has 3 N–H and O–H groups in total. The normalized spacial score (nSPS) is 10.8. The Kier molecular flexibility index (Phi) is 2.77. The van der Waals surface area contributed by atoms with Gasteiger partial charge in [-0.2, -0.15) is 0 Å². The van der Waals surface area contributed by atoms with Crippen molar-refractivity contribution in [2.24, 2.45) is 5.73 Å². The van der Waals surface area contributed by atoms with Crippen LogP contribution in [0.25, 0.3) is 0 Å². The molecule has 0 bridgehead atoms. The second-order valence-electron chi connectivity index (χ2n) is 2.71. The second-order valence-corrected chi connectivity index (χ2v) is 2.71. The van der Waals surface area contributed by atoms with Gasteiger partial charge in [-0.25, -0.2) is 8.78 Å². The van der Waals surface area contributed by atoms with Crippen molar-refractivity contribution >= 4 is 0 Å². The van der Waals surface area contributed by atoms with E-state index in [1.54, 1.807) is 6.92 Å². The van der Waals surface area contributed by atoms with Crippen LogP contribution in [-0.4, -0.2) is 4.98 Å². The van der Waals surface area contributed by atoms with Gasteiger partial charge in [-0.05, 0) is 6.92 Å². The Morgan fingerprint density at radius 2 is 2.23 bits per heavy atom. The highest BCUT2D eigenvalue weighted by molar-refractivity contribution is 5.23. The number of H-pyrrole nitrogens is 1.